The topological polar surface area (TPSA) is 42.0 Å². The second kappa shape index (κ2) is 7.36. The number of hydrogen-bond acceptors (Lipinski definition) is 4. The molecule has 3 aromatic rings. The highest BCUT2D eigenvalue weighted by atomic mass is 32.2. The summed E-state index contributed by atoms with van der Waals surface area (Å²) < 4.78 is 0. The van der Waals surface area contributed by atoms with Gasteiger partial charge in [0.1, 0.15) is 0 Å². The van der Waals surface area contributed by atoms with Crippen LogP contribution in [0.25, 0.3) is 10.9 Å². The third-order valence-corrected chi connectivity index (χ3v) is 5.80. The molecule has 0 radical (unpaired) electrons. The standard InChI is InChI=1S/C19H20N2OS2/c1-12-6-4-8-16-13(2)10-17(21-18(12)16)24-14(3)19(22)20-11-15-7-5-9-23-15/h4-10,14H,11H2,1-3H3,(H,20,22)/t14-/m1/s1. The molecule has 0 aliphatic carbocycles. The Morgan fingerprint density at radius 3 is 2.83 bits per heavy atom. The highest BCUT2D eigenvalue weighted by Gasteiger charge is 2.16. The van der Waals surface area contributed by atoms with E-state index in [1.54, 1.807) is 11.3 Å². The number of nitrogens with zero attached hydrogens (tertiary/aromatic N) is 1. The third kappa shape index (κ3) is 3.79. The molecule has 3 nitrogen and oxygen atoms in total. The summed E-state index contributed by atoms with van der Waals surface area (Å²) in [6, 6.07) is 12.3. The molecule has 24 heavy (non-hydrogen) atoms. The molecule has 1 N–H and O–H groups in total. The number of aromatic nitrogens is 1. The molecule has 0 bridgehead atoms. The highest BCUT2D eigenvalue weighted by molar-refractivity contribution is 8.00. The molecule has 2 aromatic heterocycles. The van der Waals surface area contributed by atoms with Gasteiger partial charge in [0.15, 0.2) is 0 Å². The van der Waals surface area contributed by atoms with Crippen molar-refractivity contribution in [2.24, 2.45) is 0 Å². The molecule has 124 valence electrons. The van der Waals surface area contributed by atoms with Gasteiger partial charge < -0.3 is 5.32 Å². The van der Waals surface area contributed by atoms with Crippen LogP contribution < -0.4 is 5.32 Å². The van der Waals surface area contributed by atoms with Gasteiger partial charge in [0.05, 0.1) is 22.3 Å². The number of pyridine rings is 1. The van der Waals surface area contributed by atoms with Crippen LogP contribution in [0.5, 0.6) is 0 Å². The number of nitrogens with one attached hydrogen (secondary N) is 1. The zero-order chi connectivity index (χ0) is 17.1. The summed E-state index contributed by atoms with van der Waals surface area (Å²) in [6.07, 6.45) is 0. The van der Waals surface area contributed by atoms with E-state index in [0.717, 1.165) is 21.0 Å². The normalized spacial score (nSPS) is 12.3. The lowest BCUT2D eigenvalue weighted by molar-refractivity contribution is -0.120. The molecule has 1 aromatic carbocycles. The van der Waals surface area contributed by atoms with Crippen molar-refractivity contribution in [3.8, 4) is 0 Å². The number of aryl methyl sites for hydroxylation is 2. The Morgan fingerprint density at radius 1 is 1.25 bits per heavy atom. The van der Waals surface area contributed by atoms with Gasteiger partial charge in [-0.3, -0.25) is 4.79 Å². The molecule has 0 spiro atoms. The van der Waals surface area contributed by atoms with Crippen molar-refractivity contribution >= 4 is 39.9 Å². The number of amides is 1. The minimum Gasteiger partial charge on any atom is -0.350 e. The predicted octanol–water partition coefficient (Wildman–Crippen LogP) is 4.71. The number of thiophene rings is 1. The lowest BCUT2D eigenvalue weighted by Crippen LogP contribution is -2.30. The van der Waals surface area contributed by atoms with Gasteiger partial charge in [-0.05, 0) is 49.4 Å². The van der Waals surface area contributed by atoms with E-state index in [0.29, 0.717) is 6.54 Å². The summed E-state index contributed by atoms with van der Waals surface area (Å²) in [6.45, 7) is 6.67. The fourth-order valence-electron chi connectivity index (χ4n) is 2.56. The van der Waals surface area contributed by atoms with Crippen molar-refractivity contribution in [1.82, 2.24) is 10.3 Å². The first kappa shape index (κ1) is 17.0. The number of rotatable bonds is 5. The van der Waals surface area contributed by atoms with E-state index in [-0.39, 0.29) is 11.2 Å². The van der Waals surface area contributed by atoms with Crippen LogP contribution in [0, 0.1) is 13.8 Å². The second-order valence-electron chi connectivity index (χ2n) is 5.81. The van der Waals surface area contributed by atoms with Gasteiger partial charge in [0.25, 0.3) is 0 Å². The van der Waals surface area contributed by atoms with Crippen LogP contribution in [0.3, 0.4) is 0 Å². The monoisotopic (exact) mass is 356 g/mol. The molecule has 0 saturated carbocycles. The molecule has 0 fully saturated rings. The molecular weight excluding hydrogens is 336 g/mol. The Labute approximate surface area is 150 Å². The molecule has 0 unspecified atom stereocenters. The summed E-state index contributed by atoms with van der Waals surface area (Å²) in [5.41, 5.74) is 3.37. The Hall–Kier alpha value is -1.85. The average molecular weight is 357 g/mol. The summed E-state index contributed by atoms with van der Waals surface area (Å²) in [5, 5.41) is 6.90. The molecule has 0 saturated heterocycles. The Morgan fingerprint density at radius 2 is 2.08 bits per heavy atom. The van der Waals surface area contributed by atoms with E-state index in [2.05, 4.69) is 43.4 Å². The molecular formula is C19H20N2OS2. The smallest absolute Gasteiger partial charge is 0.233 e. The van der Waals surface area contributed by atoms with Crippen molar-refractivity contribution in [2.75, 3.05) is 0 Å². The van der Waals surface area contributed by atoms with Crippen molar-refractivity contribution in [1.29, 1.82) is 0 Å². The van der Waals surface area contributed by atoms with Gasteiger partial charge in [-0.1, -0.05) is 36.0 Å². The first-order valence-electron chi connectivity index (χ1n) is 7.88. The quantitative estimate of drug-likeness (QED) is 0.673. The van der Waals surface area contributed by atoms with Crippen LogP contribution in [-0.2, 0) is 11.3 Å². The Kier molecular flexibility index (Phi) is 5.21. The highest BCUT2D eigenvalue weighted by Crippen LogP contribution is 2.28. The van der Waals surface area contributed by atoms with Gasteiger partial charge in [0, 0.05) is 10.3 Å². The molecule has 0 aliphatic heterocycles. The van der Waals surface area contributed by atoms with Crippen molar-refractivity contribution < 1.29 is 4.79 Å². The van der Waals surface area contributed by atoms with E-state index in [1.165, 1.54) is 22.7 Å². The van der Waals surface area contributed by atoms with E-state index in [4.69, 9.17) is 4.98 Å². The number of thioether (sulfide) groups is 1. The number of para-hydroxylation sites is 1. The fourth-order valence-corrected chi connectivity index (χ4v) is 4.14. The largest absolute Gasteiger partial charge is 0.350 e. The number of carbonyl (C=O) groups is 1. The van der Waals surface area contributed by atoms with Gasteiger partial charge in [-0.15, -0.1) is 11.3 Å². The molecule has 1 atom stereocenters. The van der Waals surface area contributed by atoms with Gasteiger partial charge >= 0.3 is 0 Å². The number of hydrogen-bond donors (Lipinski definition) is 1. The Bertz CT molecular complexity index is 859. The zero-order valence-corrected chi connectivity index (χ0v) is 15.6. The summed E-state index contributed by atoms with van der Waals surface area (Å²) in [7, 11) is 0. The summed E-state index contributed by atoms with van der Waals surface area (Å²) in [5.74, 6) is 0.0396. The van der Waals surface area contributed by atoms with Gasteiger partial charge in [-0.2, -0.15) is 0 Å². The van der Waals surface area contributed by atoms with Crippen molar-refractivity contribution in [3.63, 3.8) is 0 Å². The number of benzene rings is 1. The van der Waals surface area contributed by atoms with E-state index < -0.39 is 0 Å². The van der Waals surface area contributed by atoms with Gasteiger partial charge in [0.2, 0.25) is 5.91 Å². The lowest BCUT2D eigenvalue weighted by atomic mass is 10.1. The van der Waals surface area contributed by atoms with Crippen molar-refractivity contribution in [3.05, 3.63) is 57.8 Å². The average Bonchev–Trinajstić information content (AvgIpc) is 3.07. The second-order valence-corrected chi connectivity index (χ2v) is 8.20. The first-order chi connectivity index (χ1) is 11.5. The third-order valence-electron chi connectivity index (χ3n) is 3.91. The molecule has 0 aliphatic rings. The molecule has 5 heteroatoms. The zero-order valence-electron chi connectivity index (χ0n) is 14.0. The first-order valence-corrected chi connectivity index (χ1v) is 9.64. The van der Waals surface area contributed by atoms with Gasteiger partial charge in [-0.25, -0.2) is 4.98 Å². The van der Waals surface area contributed by atoms with Crippen LogP contribution in [0.2, 0.25) is 0 Å². The summed E-state index contributed by atoms with van der Waals surface area (Å²) in [4.78, 5) is 18.2. The maximum absolute atomic E-state index is 12.3. The lowest BCUT2D eigenvalue weighted by Gasteiger charge is -2.13. The number of carbonyl (C=O) groups excluding carboxylic acids is 1. The molecule has 3 rings (SSSR count). The van der Waals surface area contributed by atoms with E-state index in [1.807, 2.05) is 24.4 Å². The number of fused-ring (bicyclic) bond motifs is 1. The minimum absolute atomic E-state index is 0.0396. The predicted molar refractivity (Wildman–Crippen MR) is 103 cm³/mol. The Balaban J connectivity index is 1.71. The summed E-state index contributed by atoms with van der Waals surface area (Å²) >= 11 is 3.16. The van der Waals surface area contributed by atoms with Crippen LogP contribution in [-0.4, -0.2) is 16.1 Å². The van der Waals surface area contributed by atoms with Crippen LogP contribution in [0.1, 0.15) is 22.9 Å². The maximum Gasteiger partial charge on any atom is 0.233 e. The van der Waals surface area contributed by atoms with Crippen LogP contribution >= 0.6 is 23.1 Å². The molecule has 2 heterocycles. The minimum atomic E-state index is -0.182. The van der Waals surface area contributed by atoms with Crippen LogP contribution in [0.4, 0.5) is 0 Å². The van der Waals surface area contributed by atoms with E-state index in [9.17, 15) is 4.79 Å². The fraction of sp³-hybridized carbons (Fsp3) is 0.263. The molecule has 1 amide bonds. The SMILES string of the molecule is Cc1cc(S[C@H](C)C(=O)NCc2cccs2)nc2c(C)cccc12. The van der Waals surface area contributed by atoms with Crippen LogP contribution in [0.15, 0.2) is 46.8 Å². The van der Waals surface area contributed by atoms with Crippen molar-refractivity contribution in [2.45, 2.75) is 37.6 Å². The van der Waals surface area contributed by atoms with E-state index >= 15 is 0 Å². The maximum atomic E-state index is 12.3.